The number of nitrogens with zero attached hydrogens (tertiary/aromatic N) is 4. The number of aromatic amines is 1. The molecule has 7 heteroatoms. The lowest BCUT2D eigenvalue weighted by atomic mass is 10.2. The molecule has 0 amide bonds. The molecule has 0 saturated carbocycles. The molecule has 0 radical (unpaired) electrons. The van der Waals surface area contributed by atoms with Crippen molar-refractivity contribution in [1.29, 1.82) is 5.26 Å². The Kier molecular flexibility index (Phi) is 3.68. The molecule has 0 atom stereocenters. The van der Waals surface area contributed by atoms with Crippen LogP contribution in [0.5, 0.6) is 0 Å². The number of H-pyrrole nitrogens is 1. The maximum Gasteiger partial charge on any atom is 0.282 e. The van der Waals surface area contributed by atoms with Gasteiger partial charge in [0.05, 0.1) is 17.1 Å². The van der Waals surface area contributed by atoms with Crippen molar-refractivity contribution in [3.8, 4) is 6.07 Å². The van der Waals surface area contributed by atoms with Crippen molar-refractivity contribution in [2.75, 3.05) is 0 Å². The van der Waals surface area contributed by atoms with Crippen LogP contribution >= 0.6 is 12.2 Å². The number of fused-ring (bicyclic) bond motifs is 1. The predicted octanol–water partition coefficient (Wildman–Crippen LogP) is 2.46. The average molecular weight is 323 g/mol. The van der Waals surface area contributed by atoms with Crippen molar-refractivity contribution in [1.82, 2.24) is 14.2 Å². The summed E-state index contributed by atoms with van der Waals surface area (Å²) >= 11 is 5.21. The molecule has 0 fully saturated rings. The Labute approximate surface area is 136 Å². The molecule has 6 nitrogen and oxygen atoms in total. The van der Waals surface area contributed by atoms with Gasteiger partial charge in [-0.2, -0.15) is 15.0 Å². The van der Waals surface area contributed by atoms with Crippen molar-refractivity contribution in [2.24, 2.45) is 12.1 Å². The van der Waals surface area contributed by atoms with Gasteiger partial charge < -0.3 is 9.55 Å². The number of nitriles is 1. The predicted molar refractivity (Wildman–Crippen MR) is 91.2 cm³/mol. The largest absolute Gasteiger partial charge is 0.339 e. The highest BCUT2D eigenvalue weighted by molar-refractivity contribution is 7.71. The lowest BCUT2D eigenvalue weighted by Crippen LogP contribution is -2.18. The molecular formula is C16H13N5OS. The van der Waals surface area contributed by atoms with Gasteiger partial charge >= 0.3 is 0 Å². The minimum Gasteiger partial charge on any atom is -0.339 e. The molecule has 0 aliphatic carbocycles. The van der Waals surface area contributed by atoms with Gasteiger partial charge in [-0.25, -0.2) is 0 Å². The Morgan fingerprint density at radius 3 is 2.83 bits per heavy atom. The molecule has 3 rings (SSSR count). The third-order valence-electron chi connectivity index (χ3n) is 3.79. The summed E-state index contributed by atoms with van der Waals surface area (Å²) in [6.07, 6.45) is 1.54. The molecule has 3 aromatic rings. The van der Waals surface area contributed by atoms with E-state index in [2.05, 4.69) is 16.2 Å². The van der Waals surface area contributed by atoms with Gasteiger partial charge in [-0.15, -0.1) is 0 Å². The van der Waals surface area contributed by atoms with Gasteiger partial charge in [0, 0.05) is 18.3 Å². The van der Waals surface area contributed by atoms with Crippen LogP contribution in [0.4, 0.5) is 0 Å². The van der Waals surface area contributed by atoms with Crippen LogP contribution in [0.25, 0.3) is 10.9 Å². The van der Waals surface area contributed by atoms with E-state index in [1.165, 1.54) is 6.21 Å². The van der Waals surface area contributed by atoms with E-state index in [1.807, 2.05) is 13.0 Å². The van der Waals surface area contributed by atoms with Crippen LogP contribution in [0.1, 0.15) is 17.0 Å². The van der Waals surface area contributed by atoms with Crippen molar-refractivity contribution in [3.05, 3.63) is 62.4 Å². The summed E-state index contributed by atoms with van der Waals surface area (Å²) in [5.74, 6) is 0. The topological polar surface area (TPSA) is 78.9 Å². The van der Waals surface area contributed by atoms with Gasteiger partial charge in [-0.3, -0.25) is 4.79 Å². The lowest BCUT2D eigenvalue weighted by Gasteiger charge is -2.02. The van der Waals surface area contributed by atoms with E-state index in [9.17, 15) is 4.79 Å². The Hall–Kier alpha value is -2.98. The molecule has 23 heavy (non-hydrogen) atoms. The first-order valence-electron chi connectivity index (χ1n) is 6.88. The van der Waals surface area contributed by atoms with Gasteiger partial charge in [0.25, 0.3) is 5.56 Å². The molecule has 2 heterocycles. The van der Waals surface area contributed by atoms with E-state index < -0.39 is 0 Å². The van der Waals surface area contributed by atoms with E-state index in [0.717, 1.165) is 15.9 Å². The summed E-state index contributed by atoms with van der Waals surface area (Å²) in [7, 11) is 1.81. The van der Waals surface area contributed by atoms with Crippen LogP contribution in [-0.4, -0.2) is 20.4 Å². The summed E-state index contributed by atoms with van der Waals surface area (Å²) in [5, 5.41) is 13.8. The number of aromatic nitrogens is 3. The maximum absolute atomic E-state index is 12.5. The highest BCUT2D eigenvalue weighted by Crippen LogP contribution is 2.11. The molecule has 1 N–H and O–H groups in total. The van der Waals surface area contributed by atoms with Gasteiger partial charge in [0.15, 0.2) is 0 Å². The molecule has 1 aromatic carbocycles. The summed E-state index contributed by atoms with van der Waals surface area (Å²) in [6.45, 7) is 1.88. The van der Waals surface area contributed by atoms with E-state index >= 15 is 0 Å². The second-order valence-electron chi connectivity index (χ2n) is 5.08. The first-order valence-corrected chi connectivity index (χ1v) is 7.28. The first-order chi connectivity index (χ1) is 11.0. The molecule has 0 aliphatic rings. The first kappa shape index (κ1) is 14.9. The Bertz CT molecular complexity index is 1090. The Morgan fingerprint density at radius 2 is 2.13 bits per heavy atom. The molecule has 0 bridgehead atoms. The summed E-state index contributed by atoms with van der Waals surface area (Å²) < 4.78 is 3.14. The highest BCUT2D eigenvalue weighted by atomic mass is 32.1. The van der Waals surface area contributed by atoms with Crippen LogP contribution in [0.15, 0.2) is 40.2 Å². The average Bonchev–Trinajstić information content (AvgIpc) is 2.82. The molecule has 0 aliphatic heterocycles. The third-order valence-corrected chi connectivity index (χ3v) is 4.06. The normalized spacial score (nSPS) is 11.2. The van der Waals surface area contributed by atoms with E-state index in [4.69, 9.17) is 17.5 Å². The standard InChI is InChI=1S/C16H13N5OS/c1-10-11(7-12(8-17)20(10)2)9-18-21-15(22)13-5-3-4-6-14(13)19-16(21)23/h3-7,9H,1-2H3,(H,19,23)/b18-9-. The fourth-order valence-electron chi connectivity index (χ4n) is 2.34. The van der Waals surface area contributed by atoms with Crippen LogP contribution in [0.2, 0.25) is 0 Å². The third kappa shape index (κ3) is 2.49. The van der Waals surface area contributed by atoms with Crippen LogP contribution in [0, 0.1) is 23.0 Å². The van der Waals surface area contributed by atoms with Crippen molar-refractivity contribution < 1.29 is 0 Å². The summed E-state index contributed by atoms with van der Waals surface area (Å²) in [6, 6.07) is 11.0. The summed E-state index contributed by atoms with van der Waals surface area (Å²) in [5.41, 5.74) is 2.57. The van der Waals surface area contributed by atoms with E-state index in [1.54, 1.807) is 35.9 Å². The van der Waals surface area contributed by atoms with Crippen LogP contribution in [-0.2, 0) is 7.05 Å². The number of hydrogen-bond acceptors (Lipinski definition) is 4. The number of hydrogen-bond donors (Lipinski definition) is 1. The molecule has 0 unspecified atom stereocenters. The van der Waals surface area contributed by atoms with Crippen molar-refractivity contribution >= 4 is 29.3 Å². The Morgan fingerprint density at radius 1 is 1.39 bits per heavy atom. The van der Waals surface area contributed by atoms with E-state index in [0.29, 0.717) is 16.6 Å². The molecule has 0 saturated heterocycles. The lowest BCUT2D eigenvalue weighted by molar-refractivity contribution is 0.799. The number of nitrogens with one attached hydrogen (secondary N) is 1. The van der Waals surface area contributed by atoms with Gasteiger partial charge in [-0.1, -0.05) is 12.1 Å². The zero-order valence-corrected chi connectivity index (χ0v) is 13.4. The maximum atomic E-state index is 12.5. The molecular weight excluding hydrogens is 310 g/mol. The highest BCUT2D eigenvalue weighted by Gasteiger charge is 2.07. The van der Waals surface area contributed by atoms with Gasteiger partial charge in [0.2, 0.25) is 4.77 Å². The SMILES string of the molecule is Cc1c(/C=N\n2c(=S)[nH]c3ccccc3c2=O)cc(C#N)n1C. The van der Waals surface area contributed by atoms with E-state index in [-0.39, 0.29) is 10.3 Å². The second kappa shape index (κ2) is 5.66. The number of benzene rings is 1. The smallest absolute Gasteiger partial charge is 0.282 e. The van der Waals surface area contributed by atoms with Crippen LogP contribution < -0.4 is 5.56 Å². The van der Waals surface area contributed by atoms with Crippen molar-refractivity contribution in [2.45, 2.75) is 6.92 Å². The van der Waals surface area contributed by atoms with Gasteiger partial charge in [0.1, 0.15) is 11.8 Å². The fourth-order valence-corrected chi connectivity index (χ4v) is 2.58. The fraction of sp³-hybridized carbons (Fsp3) is 0.125. The zero-order chi connectivity index (χ0) is 16.6. The minimum absolute atomic E-state index is 0.221. The number of rotatable bonds is 2. The van der Waals surface area contributed by atoms with Crippen molar-refractivity contribution in [3.63, 3.8) is 0 Å². The Balaban J connectivity index is 2.14. The quantitative estimate of drug-likeness (QED) is 0.581. The molecule has 0 spiro atoms. The van der Waals surface area contributed by atoms with Crippen LogP contribution in [0.3, 0.4) is 0 Å². The molecule has 2 aromatic heterocycles. The molecule has 114 valence electrons. The zero-order valence-electron chi connectivity index (χ0n) is 12.6. The monoisotopic (exact) mass is 323 g/mol. The second-order valence-corrected chi connectivity index (χ2v) is 5.47. The van der Waals surface area contributed by atoms with Gasteiger partial charge in [-0.05, 0) is 37.3 Å². The minimum atomic E-state index is -0.283. The number of para-hydroxylation sites is 1. The summed E-state index contributed by atoms with van der Waals surface area (Å²) in [4.78, 5) is 15.5.